The lowest BCUT2D eigenvalue weighted by molar-refractivity contribution is -0.181. The van der Waals surface area contributed by atoms with Crippen LogP contribution < -0.4 is 10.6 Å². The standard InChI is InChI=1S/C28H38N4O8/c1-12(33)10-32(6)11-14-9-17(30(2)3)15-7-13-8-16-21(31(4)5)24(36)20(27(29)39)26(38)28(16,40)25(37)18(13)23(35)19(15)22(14)34/h9,12-13,16,18,20-21,33-34,40H,7-8,10-11H2,1-6H3,(H2,29,39)/t12?,13-,16-,18?,20?,21-,28-/m0/s1. The lowest BCUT2D eigenvalue weighted by Crippen LogP contribution is -2.74. The molecule has 0 aromatic heterocycles. The number of primary amides is 1. The first-order valence-corrected chi connectivity index (χ1v) is 13.3. The molecular weight excluding hydrogens is 520 g/mol. The van der Waals surface area contributed by atoms with Crippen LogP contribution in [0.1, 0.15) is 34.8 Å². The lowest BCUT2D eigenvalue weighted by Gasteiger charge is -2.52. The zero-order valence-corrected chi connectivity index (χ0v) is 23.7. The van der Waals surface area contributed by atoms with Gasteiger partial charge < -0.3 is 26.0 Å². The Labute approximate surface area is 232 Å². The summed E-state index contributed by atoms with van der Waals surface area (Å²) < 4.78 is 0. The van der Waals surface area contributed by atoms with E-state index >= 15 is 0 Å². The van der Waals surface area contributed by atoms with E-state index in [2.05, 4.69) is 0 Å². The van der Waals surface area contributed by atoms with Gasteiger partial charge in [-0.1, -0.05) is 0 Å². The Morgan fingerprint density at radius 1 is 1.12 bits per heavy atom. The third-order valence-electron chi connectivity index (χ3n) is 8.61. The number of Topliss-reactive ketones (excluding diaryl/α,β-unsaturated/α-hetero) is 4. The van der Waals surface area contributed by atoms with Gasteiger partial charge in [0.05, 0.1) is 23.6 Å². The van der Waals surface area contributed by atoms with E-state index in [1.807, 2.05) is 0 Å². The molecule has 12 nitrogen and oxygen atoms in total. The molecule has 3 aliphatic rings. The number of likely N-dealkylation sites (N-methyl/N-ethyl adjacent to an activating group) is 2. The average molecular weight is 559 g/mol. The van der Waals surface area contributed by atoms with Crippen molar-refractivity contribution in [3.05, 3.63) is 22.8 Å². The Morgan fingerprint density at radius 2 is 1.75 bits per heavy atom. The Balaban J connectivity index is 1.85. The van der Waals surface area contributed by atoms with Gasteiger partial charge in [-0.15, -0.1) is 0 Å². The Morgan fingerprint density at radius 3 is 2.27 bits per heavy atom. The highest BCUT2D eigenvalue weighted by Crippen LogP contribution is 2.52. The van der Waals surface area contributed by atoms with Crippen LogP contribution in [0.15, 0.2) is 6.07 Å². The van der Waals surface area contributed by atoms with Crippen molar-refractivity contribution >= 4 is 34.7 Å². The molecule has 1 amide bonds. The van der Waals surface area contributed by atoms with Crippen molar-refractivity contribution in [1.29, 1.82) is 0 Å². The highest BCUT2D eigenvalue weighted by Gasteiger charge is 2.69. The van der Waals surface area contributed by atoms with Crippen molar-refractivity contribution in [1.82, 2.24) is 9.80 Å². The molecule has 0 saturated heterocycles. The summed E-state index contributed by atoms with van der Waals surface area (Å²) in [5.41, 5.74) is 4.19. The molecule has 0 aliphatic heterocycles. The van der Waals surface area contributed by atoms with Crippen LogP contribution in [0.2, 0.25) is 0 Å². The first-order valence-electron chi connectivity index (χ1n) is 13.3. The van der Waals surface area contributed by atoms with Gasteiger partial charge in [0.25, 0.3) is 0 Å². The predicted molar refractivity (Wildman–Crippen MR) is 144 cm³/mol. The fourth-order valence-electron chi connectivity index (χ4n) is 7.03. The van der Waals surface area contributed by atoms with E-state index in [1.54, 1.807) is 58.0 Å². The highest BCUT2D eigenvalue weighted by molar-refractivity contribution is 6.32. The Hall–Kier alpha value is -3.19. The van der Waals surface area contributed by atoms with Crippen molar-refractivity contribution in [3.8, 4) is 5.75 Å². The van der Waals surface area contributed by atoms with E-state index in [4.69, 9.17) is 5.73 Å². The maximum Gasteiger partial charge on any atom is 0.235 e. The van der Waals surface area contributed by atoms with Gasteiger partial charge in [0.15, 0.2) is 34.7 Å². The van der Waals surface area contributed by atoms with Gasteiger partial charge in [-0.2, -0.15) is 0 Å². The number of phenols is 1. The maximum atomic E-state index is 14.0. The molecule has 0 bridgehead atoms. The summed E-state index contributed by atoms with van der Waals surface area (Å²) in [6, 6.07) is 0.629. The minimum Gasteiger partial charge on any atom is -0.507 e. The van der Waals surface area contributed by atoms with Gasteiger partial charge in [-0.05, 0) is 58.5 Å². The molecule has 2 fully saturated rings. The van der Waals surface area contributed by atoms with Crippen LogP contribution in [-0.2, 0) is 32.1 Å². The second-order valence-electron chi connectivity index (χ2n) is 12.0. The number of carbonyl (C=O) groups excluding carboxylic acids is 5. The monoisotopic (exact) mass is 558 g/mol. The normalized spacial score (nSPS) is 30.7. The first kappa shape index (κ1) is 29.8. The number of rotatable bonds is 7. The molecule has 40 heavy (non-hydrogen) atoms. The van der Waals surface area contributed by atoms with E-state index in [9.17, 15) is 39.3 Å². The van der Waals surface area contributed by atoms with E-state index in [0.29, 0.717) is 23.4 Å². The number of anilines is 1. The minimum absolute atomic E-state index is 0.00357. The summed E-state index contributed by atoms with van der Waals surface area (Å²) in [6.07, 6.45) is -0.434. The van der Waals surface area contributed by atoms with Crippen molar-refractivity contribution in [2.24, 2.45) is 29.4 Å². The van der Waals surface area contributed by atoms with Crippen LogP contribution in [0.3, 0.4) is 0 Å². The molecule has 7 atom stereocenters. The molecule has 0 heterocycles. The van der Waals surface area contributed by atoms with Gasteiger partial charge in [-0.3, -0.25) is 33.8 Å². The number of amides is 1. The minimum atomic E-state index is -2.76. The number of carbonyl (C=O) groups is 5. The van der Waals surface area contributed by atoms with Crippen LogP contribution >= 0.6 is 0 Å². The summed E-state index contributed by atoms with van der Waals surface area (Å²) in [6.45, 7) is 2.15. The zero-order valence-electron chi connectivity index (χ0n) is 23.7. The van der Waals surface area contributed by atoms with Crippen LogP contribution in [0, 0.1) is 23.7 Å². The van der Waals surface area contributed by atoms with Gasteiger partial charge in [0, 0.05) is 44.4 Å². The van der Waals surface area contributed by atoms with E-state index in [1.165, 1.54) is 4.90 Å². The summed E-state index contributed by atoms with van der Waals surface area (Å²) in [5.74, 6) is -10.7. The number of hydrogen-bond acceptors (Lipinski definition) is 11. The van der Waals surface area contributed by atoms with Crippen molar-refractivity contribution in [2.45, 2.75) is 44.1 Å². The molecule has 3 aliphatic carbocycles. The smallest absolute Gasteiger partial charge is 0.235 e. The SMILES string of the molecule is CC(O)CN(C)Cc1cc(N(C)C)c2c(c1O)C(=O)C1C(=O)[C@]3(O)C(=O)C(C(N)=O)C(=O)[C@@H](N(C)C)[C@@H]3C[C@@H]1C2. The molecule has 4 rings (SSSR count). The number of aliphatic hydroxyl groups excluding tert-OH is 1. The number of ketones is 4. The molecule has 12 heteroatoms. The number of aromatic hydroxyl groups is 1. The van der Waals surface area contributed by atoms with Crippen LogP contribution in [0.4, 0.5) is 5.69 Å². The zero-order chi connectivity index (χ0) is 30.0. The summed E-state index contributed by atoms with van der Waals surface area (Å²) in [7, 11) is 8.44. The van der Waals surface area contributed by atoms with Crippen molar-refractivity contribution in [2.75, 3.05) is 46.7 Å². The number of aliphatic hydroxyl groups is 2. The molecule has 1 aromatic carbocycles. The van der Waals surface area contributed by atoms with E-state index < -0.39 is 70.5 Å². The van der Waals surface area contributed by atoms with Crippen molar-refractivity contribution < 1.29 is 39.3 Å². The van der Waals surface area contributed by atoms with Gasteiger partial charge in [-0.25, -0.2) is 0 Å². The third kappa shape index (κ3) is 4.43. The quantitative estimate of drug-likeness (QED) is 0.293. The van der Waals surface area contributed by atoms with Crippen LogP contribution in [0.5, 0.6) is 5.75 Å². The van der Waals surface area contributed by atoms with Crippen LogP contribution in [0.25, 0.3) is 0 Å². The van der Waals surface area contributed by atoms with E-state index in [-0.39, 0.29) is 30.7 Å². The average Bonchev–Trinajstić information content (AvgIpc) is 2.81. The van der Waals surface area contributed by atoms with Gasteiger partial charge in [0.2, 0.25) is 5.91 Å². The highest BCUT2D eigenvalue weighted by atomic mass is 16.3. The Kier molecular flexibility index (Phi) is 7.69. The number of hydrogen-bond donors (Lipinski definition) is 4. The number of phenolic OH excluding ortho intramolecular Hbond substituents is 1. The van der Waals surface area contributed by atoms with E-state index in [0.717, 1.165) is 0 Å². The van der Waals surface area contributed by atoms with Crippen LogP contribution in [-0.4, -0.2) is 114 Å². The number of fused-ring (bicyclic) bond motifs is 3. The predicted octanol–water partition coefficient (Wildman–Crippen LogP) is -1.25. The molecule has 0 spiro atoms. The molecule has 2 saturated carbocycles. The molecule has 1 aromatic rings. The van der Waals surface area contributed by atoms with Gasteiger partial charge in [0.1, 0.15) is 5.75 Å². The maximum absolute atomic E-state index is 14.0. The second kappa shape index (κ2) is 10.3. The first-order chi connectivity index (χ1) is 18.5. The number of nitrogens with two attached hydrogens (primary N) is 1. The third-order valence-corrected chi connectivity index (χ3v) is 8.61. The fourth-order valence-corrected chi connectivity index (χ4v) is 7.03. The Bertz CT molecular complexity index is 1290. The van der Waals surface area contributed by atoms with Crippen molar-refractivity contribution in [3.63, 3.8) is 0 Å². The topological polar surface area (TPSA) is 182 Å². The lowest BCUT2D eigenvalue weighted by atomic mass is 9.52. The second-order valence-corrected chi connectivity index (χ2v) is 12.0. The molecule has 218 valence electrons. The summed E-state index contributed by atoms with van der Waals surface area (Å²) in [4.78, 5) is 71.8. The summed E-state index contributed by atoms with van der Waals surface area (Å²) >= 11 is 0. The molecule has 5 N–H and O–H groups in total. The fraction of sp³-hybridized carbons (Fsp3) is 0.607. The molecule has 3 unspecified atom stereocenters. The van der Waals surface area contributed by atoms with Gasteiger partial charge >= 0.3 is 0 Å². The number of nitrogens with zero attached hydrogens (tertiary/aromatic N) is 3. The number of benzene rings is 1. The largest absolute Gasteiger partial charge is 0.507 e. The summed E-state index contributed by atoms with van der Waals surface area (Å²) in [5, 5.41) is 32.8. The molecular formula is C28H38N4O8. The molecule has 0 radical (unpaired) electrons.